The normalized spacial score (nSPS) is 11.9. The predicted molar refractivity (Wildman–Crippen MR) is 60.7 cm³/mol. The minimum atomic E-state index is -4.32. The van der Waals surface area contributed by atoms with Crippen LogP contribution in [0, 0.1) is 0 Å². The molecule has 3 nitrogen and oxygen atoms in total. The molecular formula is C12H8F3N3. The molecule has 0 saturated heterocycles. The fraction of sp³-hybridized carbons (Fsp3) is 0.0833. The van der Waals surface area contributed by atoms with Gasteiger partial charge < -0.3 is 0 Å². The lowest BCUT2D eigenvalue weighted by Gasteiger charge is -2.05. The molecule has 0 amide bonds. The maximum Gasteiger partial charge on any atom is 0.416 e. The first kappa shape index (κ1) is 12.2. The van der Waals surface area contributed by atoms with Gasteiger partial charge in [-0.3, -0.25) is 4.98 Å². The Balaban J connectivity index is 2.14. The third-order valence-corrected chi connectivity index (χ3v) is 2.13. The first-order chi connectivity index (χ1) is 8.55. The molecule has 0 aliphatic carbocycles. The van der Waals surface area contributed by atoms with E-state index in [0.29, 0.717) is 11.4 Å². The van der Waals surface area contributed by atoms with E-state index in [9.17, 15) is 13.2 Å². The van der Waals surface area contributed by atoms with E-state index in [1.54, 1.807) is 0 Å². The molecule has 2 rings (SSSR count). The van der Waals surface area contributed by atoms with Crippen molar-refractivity contribution >= 4 is 12.0 Å². The van der Waals surface area contributed by atoms with Crippen molar-refractivity contribution in [2.24, 2.45) is 4.99 Å². The summed E-state index contributed by atoms with van der Waals surface area (Å²) in [4.78, 5) is 11.7. The van der Waals surface area contributed by atoms with Gasteiger partial charge in [0.2, 0.25) is 0 Å². The summed E-state index contributed by atoms with van der Waals surface area (Å²) >= 11 is 0. The number of rotatable bonds is 2. The van der Waals surface area contributed by atoms with E-state index in [1.165, 1.54) is 36.9 Å². The van der Waals surface area contributed by atoms with Crippen molar-refractivity contribution < 1.29 is 13.2 Å². The van der Waals surface area contributed by atoms with E-state index in [1.807, 2.05) is 0 Å². The molecule has 0 saturated carbocycles. The highest BCUT2D eigenvalue weighted by Gasteiger charge is 2.29. The van der Waals surface area contributed by atoms with Crippen LogP contribution >= 0.6 is 0 Å². The molecule has 1 aromatic heterocycles. The molecule has 0 radical (unpaired) electrons. The highest BCUT2D eigenvalue weighted by atomic mass is 19.4. The van der Waals surface area contributed by atoms with Crippen LogP contribution in [0.1, 0.15) is 11.1 Å². The number of benzene rings is 1. The Bertz CT molecular complexity index is 533. The van der Waals surface area contributed by atoms with E-state index in [4.69, 9.17) is 0 Å². The molecule has 0 aliphatic rings. The molecule has 92 valence electrons. The van der Waals surface area contributed by atoms with Gasteiger partial charge in [-0.05, 0) is 17.7 Å². The van der Waals surface area contributed by atoms with Crippen LogP contribution < -0.4 is 0 Å². The van der Waals surface area contributed by atoms with Gasteiger partial charge in [-0.1, -0.05) is 12.1 Å². The van der Waals surface area contributed by atoms with Crippen molar-refractivity contribution in [1.29, 1.82) is 0 Å². The Kier molecular flexibility index (Phi) is 3.36. The summed E-state index contributed by atoms with van der Waals surface area (Å²) in [6.45, 7) is 0. The number of aliphatic imine (C=N–C) groups is 1. The molecule has 0 unspecified atom stereocenters. The van der Waals surface area contributed by atoms with Crippen LogP contribution in [0.4, 0.5) is 19.0 Å². The van der Waals surface area contributed by atoms with Crippen molar-refractivity contribution in [3.05, 3.63) is 54.0 Å². The van der Waals surface area contributed by atoms with Gasteiger partial charge in [0.05, 0.1) is 11.8 Å². The molecule has 1 aromatic carbocycles. The lowest BCUT2D eigenvalue weighted by molar-refractivity contribution is -0.137. The van der Waals surface area contributed by atoms with Crippen LogP contribution in [0.25, 0.3) is 0 Å². The minimum Gasteiger partial charge on any atom is -0.259 e. The third-order valence-electron chi connectivity index (χ3n) is 2.13. The molecule has 0 aliphatic heterocycles. The average molecular weight is 251 g/mol. The van der Waals surface area contributed by atoms with Crippen LogP contribution in [0.2, 0.25) is 0 Å². The monoisotopic (exact) mass is 251 g/mol. The summed E-state index contributed by atoms with van der Waals surface area (Å²) < 4.78 is 37.0. The summed E-state index contributed by atoms with van der Waals surface area (Å²) in [6, 6.07) is 4.72. The second kappa shape index (κ2) is 4.95. The fourth-order valence-electron chi connectivity index (χ4n) is 1.26. The first-order valence-corrected chi connectivity index (χ1v) is 5.03. The van der Waals surface area contributed by atoms with Gasteiger partial charge in [-0.15, -0.1) is 0 Å². The average Bonchev–Trinajstić information content (AvgIpc) is 2.37. The number of aromatic nitrogens is 2. The van der Waals surface area contributed by atoms with E-state index in [2.05, 4.69) is 15.0 Å². The Morgan fingerprint density at radius 1 is 1.06 bits per heavy atom. The fourth-order valence-corrected chi connectivity index (χ4v) is 1.26. The third kappa shape index (κ3) is 3.13. The highest BCUT2D eigenvalue weighted by molar-refractivity contribution is 5.81. The van der Waals surface area contributed by atoms with Crippen molar-refractivity contribution in [2.75, 3.05) is 0 Å². The maximum atomic E-state index is 12.3. The topological polar surface area (TPSA) is 38.1 Å². The second-order valence-corrected chi connectivity index (χ2v) is 3.44. The van der Waals surface area contributed by atoms with Crippen molar-refractivity contribution in [3.63, 3.8) is 0 Å². The van der Waals surface area contributed by atoms with Crippen molar-refractivity contribution in [2.45, 2.75) is 6.18 Å². The molecule has 0 atom stereocenters. The smallest absolute Gasteiger partial charge is 0.259 e. The minimum absolute atomic E-state index is 0.400. The van der Waals surface area contributed by atoms with Crippen LogP contribution in [0.15, 0.2) is 47.8 Å². The molecule has 18 heavy (non-hydrogen) atoms. The van der Waals surface area contributed by atoms with Crippen molar-refractivity contribution in [1.82, 2.24) is 9.97 Å². The molecule has 1 heterocycles. The number of halogens is 3. The molecule has 0 bridgehead atoms. The van der Waals surface area contributed by atoms with E-state index < -0.39 is 11.7 Å². The number of hydrogen-bond donors (Lipinski definition) is 0. The molecule has 2 aromatic rings. The second-order valence-electron chi connectivity index (χ2n) is 3.44. The lowest BCUT2D eigenvalue weighted by Crippen LogP contribution is -2.04. The standard InChI is InChI=1S/C12H8F3N3/c13-12(14,15)10-3-1-9(2-4-10)7-18-11-8-16-5-6-17-11/h1-8H. The maximum absolute atomic E-state index is 12.3. The van der Waals surface area contributed by atoms with Crippen LogP contribution in [-0.4, -0.2) is 16.2 Å². The van der Waals surface area contributed by atoms with Crippen LogP contribution in [0.3, 0.4) is 0 Å². The largest absolute Gasteiger partial charge is 0.416 e. The van der Waals surface area contributed by atoms with Crippen LogP contribution in [-0.2, 0) is 6.18 Å². The summed E-state index contributed by atoms with van der Waals surface area (Å²) in [7, 11) is 0. The van der Waals surface area contributed by atoms with Crippen LogP contribution in [0.5, 0.6) is 0 Å². The SMILES string of the molecule is FC(F)(F)c1ccc(C=Nc2cnccn2)cc1. The zero-order valence-electron chi connectivity index (χ0n) is 9.09. The van der Waals surface area contributed by atoms with E-state index >= 15 is 0 Å². The van der Waals surface area contributed by atoms with E-state index in [-0.39, 0.29) is 0 Å². The summed E-state index contributed by atoms with van der Waals surface area (Å²) in [5.74, 6) is 0.400. The van der Waals surface area contributed by atoms with Gasteiger partial charge >= 0.3 is 6.18 Å². The summed E-state index contributed by atoms with van der Waals surface area (Å²) in [5, 5.41) is 0. The van der Waals surface area contributed by atoms with Crippen molar-refractivity contribution in [3.8, 4) is 0 Å². The first-order valence-electron chi connectivity index (χ1n) is 5.03. The molecule has 0 fully saturated rings. The molecule has 6 heteroatoms. The Morgan fingerprint density at radius 3 is 2.33 bits per heavy atom. The summed E-state index contributed by atoms with van der Waals surface area (Å²) in [5.41, 5.74) is -0.118. The Labute approximate surface area is 101 Å². The molecular weight excluding hydrogens is 243 g/mol. The van der Waals surface area contributed by atoms with Gasteiger partial charge in [-0.25, -0.2) is 9.98 Å². The zero-order chi connectivity index (χ0) is 13.0. The van der Waals surface area contributed by atoms with Gasteiger partial charge in [-0.2, -0.15) is 13.2 Å². The van der Waals surface area contributed by atoms with E-state index in [0.717, 1.165) is 12.1 Å². The Hall–Kier alpha value is -2.24. The number of nitrogens with zero attached hydrogens (tertiary/aromatic N) is 3. The summed E-state index contributed by atoms with van der Waals surface area (Å²) in [6.07, 6.45) is 1.57. The van der Waals surface area contributed by atoms with Gasteiger partial charge in [0.25, 0.3) is 0 Å². The highest BCUT2D eigenvalue weighted by Crippen LogP contribution is 2.28. The number of alkyl halides is 3. The van der Waals surface area contributed by atoms with Gasteiger partial charge in [0.15, 0.2) is 5.82 Å². The zero-order valence-corrected chi connectivity index (χ0v) is 9.09. The number of hydrogen-bond acceptors (Lipinski definition) is 3. The van der Waals surface area contributed by atoms with Gasteiger partial charge in [0, 0.05) is 18.6 Å². The van der Waals surface area contributed by atoms with Gasteiger partial charge in [0.1, 0.15) is 0 Å². The predicted octanol–water partition coefficient (Wildman–Crippen LogP) is 3.25. The molecule has 0 N–H and O–H groups in total. The molecule has 0 spiro atoms. The quantitative estimate of drug-likeness (QED) is 0.768. The Morgan fingerprint density at radius 2 is 1.78 bits per heavy atom. The lowest BCUT2D eigenvalue weighted by atomic mass is 10.1.